The van der Waals surface area contributed by atoms with Gasteiger partial charge in [0, 0.05) is 10.6 Å². The molecule has 1 aliphatic carbocycles. The molecule has 0 bridgehead atoms. The van der Waals surface area contributed by atoms with Gasteiger partial charge in [-0.2, -0.15) is 0 Å². The Labute approximate surface area is 170 Å². The van der Waals surface area contributed by atoms with E-state index in [2.05, 4.69) is 22.5 Å². The summed E-state index contributed by atoms with van der Waals surface area (Å²) in [4.78, 5) is 29.1. The monoisotopic (exact) mass is 397 g/mol. The number of rotatable bonds is 5. The maximum atomic E-state index is 13.0. The number of fused-ring (bicyclic) bond motifs is 1. The highest BCUT2D eigenvalue weighted by Gasteiger charge is 2.28. The summed E-state index contributed by atoms with van der Waals surface area (Å²) in [5.74, 6) is 0.587. The first-order valence-electron chi connectivity index (χ1n) is 10.1. The zero-order chi connectivity index (χ0) is 19.5. The Hall–Kier alpha value is -2.18. The molecule has 4 rings (SSSR count). The summed E-state index contributed by atoms with van der Waals surface area (Å²) in [6, 6.07) is 9.47. The Kier molecular flexibility index (Phi) is 5.78. The van der Waals surface area contributed by atoms with Gasteiger partial charge < -0.3 is 10.6 Å². The van der Waals surface area contributed by atoms with Gasteiger partial charge in [0.05, 0.1) is 12.1 Å². The van der Waals surface area contributed by atoms with Gasteiger partial charge in [0.15, 0.2) is 0 Å². The third-order valence-corrected chi connectivity index (χ3v) is 6.88. The maximum absolute atomic E-state index is 13.0. The predicted molar refractivity (Wildman–Crippen MR) is 114 cm³/mol. The summed E-state index contributed by atoms with van der Waals surface area (Å²) in [6.45, 7) is 4.60. The minimum absolute atomic E-state index is 0.0248. The Bertz CT molecular complexity index is 854. The van der Waals surface area contributed by atoms with Crippen LogP contribution in [0.25, 0.3) is 0 Å². The molecule has 1 fully saturated rings. The Balaban J connectivity index is 1.48. The quantitative estimate of drug-likeness (QED) is 0.796. The first kappa shape index (κ1) is 19.2. The van der Waals surface area contributed by atoms with Crippen molar-refractivity contribution in [2.24, 2.45) is 5.92 Å². The number of amides is 2. The molecule has 1 aromatic carbocycles. The van der Waals surface area contributed by atoms with Crippen LogP contribution in [0.1, 0.15) is 47.0 Å². The third kappa shape index (κ3) is 4.28. The zero-order valence-electron chi connectivity index (χ0n) is 16.3. The fraction of sp³-hybridized carbons (Fsp3) is 0.455. The van der Waals surface area contributed by atoms with Crippen molar-refractivity contribution in [3.8, 4) is 0 Å². The summed E-state index contributed by atoms with van der Waals surface area (Å²) in [6.07, 6.45) is 5.26. The van der Waals surface area contributed by atoms with Crippen LogP contribution >= 0.6 is 11.3 Å². The van der Waals surface area contributed by atoms with E-state index in [1.165, 1.54) is 4.88 Å². The lowest BCUT2D eigenvalue weighted by Crippen LogP contribution is -2.38. The van der Waals surface area contributed by atoms with Crippen LogP contribution in [0, 0.1) is 5.92 Å². The summed E-state index contributed by atoms with van der Waals surface area (Å²) in [5, 5.41) is 6.72. The van der Waals surface area contributed by atoms with Gasteiger partial charge in [0.2, 0.25) is 5.91 Å². The number of thiophene rings is 1. The molecule has 148 valence electrons. The van der Waals surface area contributed by atoms with Gasteiger partial charge in [0.1, 0.15) is 5.00 Å². The standard InChI is InChI=1S/C22H27N3O2S/c1-15-10-12-25(13-11-15)14-19(26)24-22-20(17-8-5-9-18(17)28-22)21(27)23-16-6-3-2-4-7-16/h2-4,6-7,15H,5,8-14H2,1H3,(H,23,27)(H,24,26). The van der Waals surface area contributed by atoms with E-state index in [1.807, 2.05) is 30.3 Å². The second kappa shape index (κ2) is 8.45. The molecular weight excluding hydrogens is 370 g/mol. The lowest BCUT2D eigenvalue weighted by molar-refractivity contribution is -0.117. The minimum Gasteiger partial charge on any atom is -0.322 e. The Morgan fingerprint density at radius 2 is 1.86 bits per heavy atom. The number of hydrogen-bond donors (Lipinski definition) is 2. The van der Waals surface area contributed by atoms with E-state index in [9.17, 15) is 9.59 Å². The predicted octanol–water partition coefficient (Wildman–Crippen LogP) is 4.16. The van der Waals surface area contributed by atoms with Crippen molar-refractivity contribution in [3.63, 3.8) is 0 Å². The highest BCUT2D eigenvalue weighted by atomic mass is 32.1. The number of carbonyl (C=O) groups excluding carboxylic acids is 2. The van der Waals surface area contributed by atoms with Crippen molar-refractivity contribution < 1.29 is 9.59 Å². The van der Waals surface area contributed by atoms with Crippen molar-refractivity contribution in [1.29, 1.82) is 0 Å². The van der Waals surface area contributed by atoms with Crippen LogP contribution in [0.3, 0.4) is 0 Å². The molecule has 5 nitrogen and oxygen atoms in total. The zero-order valence-corrected chi connectivity index (χ0v) is 17.1. The molecule has 0 saturated carbocycles. The fourth-order valence-corrected chi connectivity index (χ4v) is 5.34. The van der Waals surface area contributed by atoms with Crippen molar-refractivity contribution in [2.45, 2.75) is 39.0 Å². The van der Waals surface area contributed by atoms with Gasteiger partial charge in [-0.15, -0.1) is 11.3 Å². The highest BCUT2D eigenvalue weighted by molar-refractivity contribution is 7.17. The van der Waals surface area contributed by atoms with Gasteiger partial charge in [-0.3, -0.25) is 14.5 Å². The van der Waals surface area contributed by atoms with Gasteiger partial charge in [-0.25, -0.2) is 0 Å². The molecule has 1 saturated heterocycles. The molecule has 1 aromatic heterocycles. The Morgan fingerprint density at radius 3 is 2.61 bits per heavy atom. The van der Waals surface area contributed by atoms with Gasteiger partial charge >= 0.3 is 0 Å². The second-order valence-electron chi connectivity index (χ2n) is 7.89. The molecule has 2 aliphatic rings. The topological polar surface area (TPSA) is 61.4 Å². The van der Waals surface area contributed by atoms with E-state index in [-0.39, 0.29) is 11.8 Å². The lowest BCUT2D eigenvalue weighted by Gasteiger charge is -2.29. The van der Waals surface area contributed by atoms with E-state index < -0.39 is 0 Å². The first-order chi connectivity index (χ1) is 13.6. The number of nitrogens with zero attached hydrogens (tertiary/aromatic N) is 1. The molecule has 6 heteroatoms. The number of hydrogen-bond acceptors (Lipinski definition) is 4. The van der Waals surface area contributed by atoms with Crippen molar-refractivity contribution in [2.75, 3.05) is 30.3 Å². The van der Waals surface area contributed by atoms with Crippen LogP contribution in [-0.4, -0.2) is 36.3 Å². The molecule has 28 heavy (non-hydrogen) atoms. The van der Waals surface area contributed by atoms with Crippen LogP contribution in [-0.2, 0) is 17.6 Å². The van der Waals surface area contributed by atoms with E-state index in [1.54, 1.807) is 11.3 Å². The van der Waals surface area contributed by atoms with Crippen LogP contribution < -0.4 is 10.6 Å². The smallest absolute Gasteiger partial charge is 0.258 e. The van der Waals surface area contributed by atoms with Crippen molar-refractivity contribution in [3.05, 3.63) is 46.3 Å². The third-order valence-electron chi connectivity index (χ3n) is 5.68. The molecule has 2 aromatic rings. The molecule has 0 spiro atoms. The van der Waals surface area contributed by atoms with Gasteiger partial charge in [0.25, 0.3) is 5.91 Å². The Morgan fingerprint density at radius 1 is 1.11 bits per heavy atom. The van der Waals surface area contributed by atoms with Crippen molar-refractivity contribution >= 4 is 33.8 Å². The molecule has 0 unspecified atom stereocenters. The van der Waals surface area contributed by atoms with Crippen LogP contribution in [0.15, 0.2) is 30.3 Å². The molecule has 2 N–H and O–H groups in total. The summed E-state index contributed by atoms with van der Waals surface area (Å²) >= 11 is 1.57. The number of carbonyl (C=O) groups is 2. The van der Waals surface area contributed by atoms with Crippen LogP contribution in [0.5, 0.6) is 0 Å². The maximum Gasteiger partial charge on any atom is 0.258 e. The average molecular weight is 398 g/mol. The lowest BCUT2D eigenvalue weighted by atomic mass is 9.99. The average Bonchev–Trinajstić information content (AvgIpc) is 3.25. The van der Waals surface area contributed by atoms with Gasteiger partial charge in [-0.1, -0.05) is 25.1 Å². The van der Waals surface area contributed by atoms with E-state index in [4.69, 9.17) is 0 Å². The number of nitrogens with one attached hydrogen (secondary N) is 2. The SMILES string of the molecule is CC1CCN(CC(=O)Nc2sc3c(c2C(=O)Nc2ccccc2)CCC3)CC1. The molecule has 0 radical (unpaired) electrons. The van der Waals surface area contributed by atoms with E-state index in [0.29, 0.717) is 17.1 Å². The summed E-state index contributed by atoms with van der Waals surface area (Å²) < 4.78 is 0. The molecular formula is C22H27N3O2S. The number of piperidine rings is 1. The largest absolute Gasteiger partial charge is 0.322 e. The van der Waals surface area contributed by atoms with Crippen molar-refractivity contribution in [1.82, 2.24) is 4.90 Å². The molecule has 2 amide bonds. The number of aryl methyl sites for hydroxylation is 1. The highest BCUT2D eigenvalue weighted by Crippen LogP contribution is 2.39. The summed E-state index contributed by atoms with van der Waals surface area (Å²) in [7, 11) is 0. The molecule has 1 aliphatic heterocycles. The van der Waals surface area contributed by atoms with Crippen LogP contribution in [0.2, 0.25) is 0 Å². The number of benzene rings is 1. The minimum atomic E-state index is -0.132. The first-order valence-corrected chi connectivity index (χ1v) is 10.9. The van der Waals surface area contributed by atoms with E-state index >= 15 is 0 Å². The second-order valence-corrected chi connectivity index (χ2v) is 8.99. The number of anilines is 2. The number of para-hydroxylation sites is 1. The van der Waals surface area contributed by atoms with Crippen LogP contribution in [0.4, 0.5) is 10.7 Å². The van der Waals surface area contributed by atoms with Gasteiger partial charge in [-0.05, 0) is 68.8 Å². The molecule has 0 atom stereocenters. The summed E-state index contributed by atoms with van der Waals surface area (Å²) in [5.41, 5.74) is 2.53. The number of likely N-dealkylation sites (tertiary alicyclic amines) is 1. The molecule has 2 heterocycles. The normalized spacial score (nSPS) is 17.3. The van der Waals surface area contributed by atoms with E-state index in [0.717, 1.165) is 62.4 Å². The fourth-order valence-electron chi connectivity index (χ4n) is 4.04.